The molecule has 2 unspecified atom stereocenters. The predicted octanol–water partition coefficient (Wildman–Crippen LogP) is -1.17. The summed E-state index contributed by atoms with van der Waals surface area (Å²) < 4.78 is 31.6. The minimum atomic E-state index is -4.87. The molecule has 0 aromatic heterocycles. The molecule has 3 saturated heterocycles. The van der Waals surface area contributed by atoms with Crippen LogP contribution in [0.1, 0.15) is 25.7 Å². The van der Waals surface area contributed by atoms with Crippen molar-refractivity contribution in [1.82, 2.24) is 16.0 Å². The third-order valence-electron chi connectivity index (χ3n) is 4.80. The van der Waals surface area contributed by atoms with Gasteiger partial charge in [0.1, 0.15) is 11.7 Å². The zero-order valence-electron chi connectivity index (χ0n) is 13.6. The topological polar surface area (TPSA) is 161 Å². The molecular formula is C14H18N3O7S2. The molecule has 3 rings (SSSR count). The van der Waals surface area contributed by atoms with E-state index in [0.29, 0.717) is 12.8 Å². The summed E-state index contributed by atoms with van der Waals surface area (Å²) in [5.74, 6) is -4.05. The largest absolute Gasteiger partial charge is 0.332 e. The quantitative estimate of drug-likeness (QED) is 0.157. The molecule has 0 saturated carbocycles. The van der Waals surface area contributed by atoms with E-state index in [0.717, 1.165) is 12.2 Å². The highest BCUT2D eigenvalue weighted by Gasteiger charge is 2.53. The second kappa shape index (κ2) is 7.16. The summed E-state index contributed by atoms with van der Waals surface area (Å²) in [4.78, 5) is 46.6. The van der Waals surface area contributed by atoms with E-state index >= 15 is 0 Å². The van der Waals surface area contributed by atoms with Gasteiger partial charge >= 0.3 is 6.03 Å². The van der Waals surface area contributed by atoms with Crippen LogP contribution >= 0.6 is 11.8 Å². The first-order valence-electron chi connectivity index (χ1n) is 8.15. The summed E-state index contributed by atoms with van der Waals surface area (Å²) in [6.07, 6.45) is 1.72. The van der Waals surface area contributed by atoms with Crippen LogP contribution < -0.4 is 16.0 Å². The van der Waals surface area contributed by atoms with Gasteiger partial charge in [-0.15, -0.1) is 0 Å². The number of ketones is 1. The Morgan fingerprint density at radius 2 is 1.92 bits per heavy atom. The van der Waals surface area contributed by atoms with Gasteiger partial charge in [-0.1, -0.05) is 6.42 Å². The molecule has 26 heavy (non-hydrogen) atoms. The third kappa shape index (κ3) is 3.71. The number of nitrogens with one attached hydrogen (secondary N) is 2. The molecule has 3 fully saturated rings. The Kier molecular flexibility index (Phi) is 5.26. The van der Waals surface area contributed by atoms with Crippen LogP contribution in [0, 0.1) is 5.92 Å². The number of thioether (sulfide) groups is 1. The predicted molar refractivity (Wildman–Crippen MR) is 89.9 cm³/mol. The number of carbonyl (C=O) groups is 4. The number of Topliss-reactive ketones (excluding diaryl/α,β-unsaturated/α-hetero) is 1. The van der Waals surface area contributed by atoms with Crippen LogP contribution in [0.4, 0.5) is 4.79 Å². The number of urea groups is 1. The van der Waals surface area contributed by atoms with E-state index in [-0.39, 0.29) is 29.8 Å². The monoisotopic (exact) mass is 404 g/mol. The van der Waals surface area contributed by atoms with E-state index in [2.05, 4.69) is 16.0 Å². The maximum absolute atomic E-state index is 12.2. The van der Waals surface area contributed by atoms with E-state index < -0.39 is 38.9 Å². The minimum absolute atomic E-state index is 0.0555. The van der Waals surface area contributed by atoms with E-state index in [1.54, 1.807) is 11.8 Å². The van der Waals surface area contributed by atoms with Gasteiger partial charge in [-0.2, -0.15) is 25.5 Å². The van der Waals surface area contributed by atoms with Gasteiger partial charge in [-0.05, 0) is 12.8 Å². The Balaban J connectivity index is 1.49. The Morgan fingerprint density at radius 3 is 2.62 bits per heavy atom. The average molecular weight is 404 g/mol. The molecule has 0 spiro atoms. The van der Waals surface area contributed by atoms with Crippen molar-refractivity contribution in [3.63, 3.8) is 0 Å². The van der Waals surface area contributed by atoms with Crippen LogP contribution in [0.25, 0.3) is 0 Å². The Labute approximate surface area is 154 Å². The second-order valence-corrected chi connectivity index (χ2v) is 9.35. The highest BCUT2D eigenvalue weighted by molar-refractivity contribution is 8.00. The minimum Gasteiger partial charge on any atom is -0.332 e. The lowest BCUT2D eigenvalue weighted by Crippen LogP contribution is -2.37. The fourth-order valence-electron chi connectivity index (χ4n) is 3.56. The number of hydrogen-bond donors (Lipinski definition) is 3. The third-order valence-corrected chi connectivity index (χ3v) is 7.42. The first-order valence-corrected chi connectivity index (χ1v) is 10.7. The number of fused-ring (bicyclic) bond motifs is 1. The Bertz CT molecular complexity index is 754. The summed E-state index contributed by atoms with van der Waals surface area (Å²) in [5.41, 5.74) is 0. The molecule has 0 aromatic rings. The van der Waals surface area contributed by atoms with Crippen molar-refractivity contribution in [2.75, 3.05) is 5.75 Å². The van der Waals surface area contributed by atoms with Gasteiger partial charge in [0.2, 0.25) is 0 Å². The number of amides is 4. The molecular weight excluding hydrogens is 386 g/mol. The van der Waals surface area contributed by atoms with Crippen molar-refractivity contribution in [3.05, 3.63) is 0 Å². The summed E-state index contributed by atoms with van der Waals surface area (Å²) in [5, 5.41) is 6.80. The van der Waals surface area contributed by atoms with Gasteiger partial charge in [0.05, 0.1) is 12.1 Å². The van der Waals surface area contributed by atoms with Gasteiger partial charge < -0.3 is 10.6 Å². The molecule has 1 radical (unpaired) electrons. The number of unbranched alkanes of at least 4 members (excludes halogenated alkanes) is 1. The fraction of sp³-hybridized carbons (Fsp3) is 0.714. The van der Waals surface area contributed by atoms with Gasteiger partial charge in [0.15, 0.2) is 5.25 Å². The van der Waals surface area contributed by atoms with Gasteiger partial charge in [0.25, 0.3) is 21.9 Å². The molecule has 3 aliphatic rings. The lowest BCUT2D eigenvalue weighted by molar-refractivity contribution is -0.131. The van der Waals surface area contributed by atoms with Crippen molar-refractivity contribution in [2.45, 2.75) is 48.3 Å². The number of hydrogen-bond acceptors (Lipinski definition) is 7. The molecule has 3 heterocycles. The molecule has 3 N–H and O–H groups in total. The molecule has 0 bridgehead atoms. The number of carbonyl (C=O) groups excluding carboxylic acids is 4. The maximum atomic E-state index is 12.2. The van der Waals surface area contributed by atoms with E-state index in [1.165, 1.54) is 0 Å². The molecule has 12 heteroatoms. The van der Waals surface area contributed by atoms with Crippen molar-refractivity contribution < 1.29 is 32.1 Å². The highest BCUT2D eigenvalue weighted by Crippen LogP contribution is 2.33. The summed E-state index contributed by atoms with van der Waals surface area (Å²) in [6, 6.07) is -0.0109. The standard InChI is InChI=1S/C14H18N3O7S2/c18-7(9-11(26(22,23)24)13(20)17-12(9)19)3-1-2-4-8-10-6(5-25-8)15-14(21)16-10/h6,8-11H,1-5H2,(H2,15,16,21)(H,22,23,24)/t6-,8-,9?,10-,11?/m0/s1. The van der Waals surface area contributed by atoms with Crippen LogP contribution in [0.3, 0.4) is 0 Å². The zero-order valence-corrected chi connectivity index (χ0v) is 15.2. The normalized spacial score (nSPS) is 33.6. The highest BCUT2D eigenvalue weighted by atomic mass is 32.2. The Morgan fingerprint density at radius 1 is 1.19 bits per heavy atom. The van der Waals surface area contributed by atoms with Crippen molar-refractivity contribution in [1.29, 1.82) is 0 Å². The van der Waals surface area contributed by atoms with Crippen LogP contribution in [0.5, 0.6) is 0 Å². The molecule has 0 aliphatic carbocycles. The van der Waals surface area contributed by atoms with E-state index in [9.17, 15) is 27.6 Å². The van der Waals surface area contributed by atoms with Crippen molar-refractivity contribution in [2.24, 2.45) is 5.92 Å². The van der Waals surface area contributed by atoms with Crippen LogP contribution in [0.2, 0.25) is 0 Å². The molecule has 143 valence electrons. The fourth-order valence-corrected chi connectivity index (χ4v) is 6.03. The SMILES string of the molecule is O=C1N[C@H]2[C@H](CS[C@H]2CCCCC(=O)C2C(=O)[N]C(=O)C2S(=O)(=O)O)N1. The van der Waals surface area contributed by atoms with E-state index in [4.69, 9.17) is 4.55 Å². The van der Waals surface area contributed by atoms with Crippen LogP contribution in [-0.2, 0) is 24.5 Å². The van der Waals surface area contributed by atoms with Gasteiger partial charge in [-0.3, -0.25) is 18.9 Å². The van der Waals surface area contributed by atoms with Gasteiger partial charge in [-0.25, -0.2) is 4.79 Å². The number of rotatable bonds is 7. The summed E-state index contributed by atoms with van der Waals surface area (Å²) in [7, 11) is -4.87. The molecule has 3 aliphatic heterocycles. The molecule has 10 nitrogen and oxygen atoms in total. The lowest BCUT2D eigenvalue weighted by atomic mass is 9.96. The molecule has 4 amide bonds. The van der Waals surface area contributed by atoms with E-state index in [1.807, 2.05) is 0 Å². The Hall–Kier alpha value is -1.66. The first kappa shape index (κ1) is 19.1. The zero-order chi connectivity index (χ0) is 19.1. The molecule has 5 atom stereocenters. The average Bonchev–Trinajstić information content (AvgIpc) is 3.15. The van der Waals surface area contributed by atoms with Gasteiger partial charge in [0, 0.05) is 17.4 Å². The smallest absolute Gasteiger partial charge is 0.315 e. The molecule has 0 aromatic carbocycles. The van der Waals surface area contributed by atoms with Crippen molar-refractivity contribution >= 4 is 45.5 Å². The number of imide groups is 1. The first-order chi connectivity index (χ1) is 12.2. The summed E-state index contributed by atoms with van der Waals surface area (Å²) >= 11 is 1.74. The van der Waals surface area contributed by atoms with Crippen LogP contribution in [0.15, 0.2) is 0 Å². The lowest BCUT2D eigenvalue weighted by Gasteiger charge is -2.16. The number of nitrogens with zero attached hydrogens (tertiary/aromatic N) is 1. The summed E-state index contributed by atoms with van der Waals surface area (Å²) in [6.45, 7) is 0. The second-order valence-electron chi connectivity index (χ2n) is 6.54. The maximum Gasteiger partial charge on any atom is 0.315 e. The van der Waals surface area contributed by atoms with Crippen LogP contribution in [-0.4, -0.2) is 64.9 Å². The van der Waals surface area contributed by atoms with Crippen molar-refractivity contribution in [3.8, 4) is 0 Å².